The highest BCUT2D eigenvalue weighted by atomic mass is 19.4. The zero-order valence-corrected chi connectivity index (χ0v) is 12.2. The molecular formula is C15H20F3NO2. The van der Waals surface area contributed by atoms with Gasteiger partial charge in [0.15, 0.2) is 0 Å². The lowest BCUT2D eigenvalue weighted by Gasteiger charge is -2.29. The van der Waals surface area contributed by atoms with E-state index >= 15 is 0 Å². The number of methoxy groups -OCH3 is 2. The normalized spacial score (nSPS) is 22.9. The van der Waals surface area contributed by atoms with Gasteiger partial charge in [-0.15, -0.1) is 0 Å². The molecule has 0 atom stereocenters. The molecule has 0 aromatic heterocycles. The summed E-state index contributed by atoms with van der Waals surface area (Å²) < 4.78 is 49.5. The summed E-state index contributed by atoms with van der Waals surface area (Å²) in [6.07, 6.45) is -0.831. The molecule has 0 aliphatic heterocycles. The fourth-order valence-corrected chi connectivity index (χ4v) is 2.67. The van der Waals surface area contributed by atoms with Crippen LogP contribution in [0.5, 0.6) is 5.75 Å². The van der Waals surface area contributed by atoms with Crippen LogP contribution in [0, 0.1) is 0 Å². The molecule has 0 amide bonds. The van der Waals surface area contributed by atoms with Gasteiger partial charge in [0.25, 0.3) is 0 Å². The number of rotatable bonds is 4. The second kappa shape index (κ2) is 6.56. The minimum atomic E-state index is -4.40. The van der Waals surface area contributed by atoms with Gasteiger partial charge >= 0.3 is 6.18 Å². The van der Waals surface area contributed by atoms with Crippen LogP contribution >= 0.6 is 0 Å². The van der Waals surface area contributed by atoms with Crippen molar-refractivity contribution in [2.75, 3.05) is 19.5 Å². The molecule has 0 spiro atoms. The standard InChI is InChI=1S/C15H20F3NO2/c1-20-11-5-3-10(4-6-11)19-14-8-7-12(21-2)9-13(14)15(16,17)18/h7-11,19H,3-6H2,1-2H3. The number of anilines is 1. The quantitative estimate of drug-likeness (QED) is 0.909. The highest BCUT2D eigenvalue weighted by molar-refractivity contribution is 5.56. The monoisotopic (exact) mass is 303 g/mol. The van der Waals surface area contributed by atoms with Crippen molar-refractivity contribution in [2.24, 2.45) is 0 Å². The van der Waals surface area contributed by atoms with Gasteiger partial charge in [0.2, 0.25) is 0 Å². The first-order chi connectivity index (χ1) is 9.94. The topological polar surface area (TPSA) is 30.5 Å². The Morgan fingerprint density at radius 1 is 1.10 bits per heavy atom. The van der Waals surface area contributed by atoms with Crippen molar-refractivity contribution in [3.05, 3.63) is 23.8 Å². The van der Waals surface area contributed by atoms with E-state index < -0.39 is 11.7 Å². The molecular weight excluding hydrogens is 283 g/mol. The largest absolute Gasteiger partial charge is 0.497 e. The van der Waals surface area contributed by atoms with E-state index in [2.05, 4.69) is 5.32 Å². The fraction of sp³-hybridized carbons (Fsp3) is 0.600. The molecule has 2 rings (SSSR count). The summed E-state index contributed by atoms with van der Waals surface area (Å²) in [4.78, 5) is 0. The minimum Gasteiger partial charge on any atom is -0.497 e. The summed E-state index contributed by atoms with van der Waals surface area (Å²) in [5, 5.41) is 3.02. The van der Waals surface area contributed by atoms with Crippen LogP contribution in [0.25, 0.3) is 0 Å². The summed E-state index contributed by atoms with van der Waals surface area (Å²) in [7, 11) is 3.03. The summed E-state index contributed by atoms with van der Waals surface area (Å²) in [5.41, 5.74) is -0.570. The van der Waals surface area contributed by atoms with Crippen LogP contribution < -0.4 is 10.1 Å². The van der Waals surface area contributed by atoms with Crippen LogP contribution in [0.1, 0.15) is 31.2 Å². The Bertz CT molecular complexity index is 468. The van der Waals surface area contributed by atoms with Gasteiger partial charge in [-0.1, -0.05) is 0 Å². The number of hydrogen-bond acceptors (Lipinski definition) is 3. The molecule has 1 aliphatic carbocycles. The lowest BCUT2D eigenvalue weighted by Crippen LogP contribution is -2.30. The number of hydrogen-bond donors (Lipinski definition) is 1. The molecule has 1 saturated carbocycles. The third kappa shape index (κ3) is 4.03. The second-order valence-corrected chi connectivity index (χ2v) is 5.26. The Balaban J connectivity index is 2.13. The van der Waals surface area contributed by atoms with Crippen molar-refractivity contribution in [1.29, 1.82) is 0 Å². The third-order valence-corrected chi connectivity index (χ3v) is 3.90. The van der Waals surface area contributed by atoms with E-state index in [-0.39, 0.29) is 23.6 Å². The molecule has 1 N–H and O–H groups in total. The van der Waals surface area contributed by atoms with Crippen LogP contribution in [0.3, 0.4) is 0 Å². The van der Waals surface area contributed by atoms with E-state index in [0.717, 1.165) is 31.7 Å². The van der Waals surface area contributed by atoms with Crippen molar-refractivity contribution < 1.29 is 22.6 Å². The molecule has 0 unspecified atom stereocenters. The summed E-state index contributed by atoms with van der Waals surface area (Å²) in [6, 6.07) is 4.05. The van der Waals surface area contributed by atoms with Gasteiger partial charge in [-0.25, -0.2) is 0 Å². The smallest absolute Gasteiger partial charge is 0.418 e. The zero-order valence-electron chi connectivity index (χ0n) is 12.2. The van der Waals surface area contributed by atoms with Crippen LogP contribution in [-0.2, 0) is 10.9 Å². The van der Waals surface area contributed by atoms with Gasteiger partial charge in [0.1, 0.15) is 5.75 Å². The molecule has 1 aromatic rings. The van der Waals surface area contributed by atoms with E-state index in [1.54, 1.807) is 13.2 Å². The van der Waals surface area contributed by atoms with E-state index in [4.69, 9.17) is 9.47 Å². The molecule has 0 bridgehead atoms. The molecule has 1 aromatic carbocycles. The average molecular weight is 303 g/mol. The summed E-state index contributed by atoms with van der Waals surface area (Å²) in [5.74, 6) is 0.205. The first-order valence-corrected chi connectivity index (χ1v) is 6.98. The maximum atomic E-state index is 13.1. The number of nitrogens with one attached hydrogen (secondary N) is 1. The summed E-state index contributed by atoms with van der Waals surface area (Å²) >= 11 is 0. The Morgan fingerprint density at radius 3 is 2.29 bits per heavy atom. The SMILES string of the molecule is COc1ccc(NC2CCC(OC)CC2)c(C(F)(F)F)c1. The van der Waals surface area contributed by atoms with E-state index in [9.17, 15) is 13.2 Å². The fourth-order valence-electron chi connectivity index (χ4n) is 2.67. The van der Waals surface area contributed by atoms with Crippen LogP contribution in [0.4, 0.5) is 18.9 Å². The van der Waals surface area contributed by atoms with Crippen molar-refractivity contribution in [2.45, 2.75) is 44.0 Å². The Hall–Kier alpha value is -1.43. The molecule has 118 valence electrons. The molecule has 6 heteroatoms. The molecule has 21 heavy (non-hydrogen) atoms. The number of alkyl halides is 3. The number of halogens is 3. The lowest BCUT2D eigenvalue weighted by atomic mass is 9.92. The first-order valence-electron chi connectivity index (χ1n) is 6.98. The lowest BCUT2D eigenvalue weighted by molar-refractivity contribution is -0.137. The highest BCUT2D eigenvalue weighted by Gasteiger charge is 2.35. The van der Waals surface area contributed by atoms with Crippen molar-refractivity contribution in [3.63, 3.8) is 0 Å². The molecule has 0 saturated heterocycles. The van der Waals surface area contributed by atoms with E-state index in [1.807, 2.05) is 0 Å². The Morgan fingerprint density at radius 2 is 1.76 bits per heavy atom. The van der Waals surface area contributed by atoms with Gasteiger partial charge in [-0.3, -0.25) is 0 Å². The number of benzene rings is 1. The summed E-state index contributed by atoms with van der Waals surface area (Å²) in [6.45, 7) is 0. The maximum absolute atomic E-state index is 13.1. The molecule has 1 fully saturated rings. The van der Waals surface area contributed by atoms with E-state index in [0.29, 0.717) is 0 Å². The van der Waals surface area contributed by atoms with Crippen LogP contribution in [0.15, 0.2) is 18.2 Å². The van der Waals surface area contributed by atoms with E-state index in [1.165, 1.54) is 13.2 Å². The van der Waals surface area contributed by atoms with Gasteiger partial charge < -0.3 is 14.8 Å². The van der Waals surface area contributed by atoms with Gasteiger partial charge in [-0.05, 0) is 43.9 Å². The Labute approximate surface area is 122 Å². The van der Waals surface area contributed by atoms with Gasteiger partial charge in [0.05, 0.1) is 18.8 Å². The van der Waals surface area contributed by atoms with Gasteiger partial charge in [-0.2, -0.15) is 13.2 Å². The van der Waals surface area contributed by atoms with Crippen LogP contribution in [0.2, 0.25) is 0 Å². The average Bonchev–Trinajstić information content (AvgIpc) is 2.47. The molecule has 3 nitrogen and oxygen atoms in total. The zero-order chi connectivity index (χ0) is 15.5. The molecule has 0 heterocycles. The molecule has 0 radical (unpaired) electrons. The first kappa shape index (κ1) is 15.9. The van der Waals surface area contributed by atoms with Crippen molar-refractivity contribution >= 4 is 5.69 Å². The second-order valence-electron chi connectivity index (χ2n) is 5.26. The minimum absolute atomic E-state index is 0.0471. The highest BCUT2D eigenvalue weighted by Crippen LogP contribution is 2.38. The third-order valence-electron chi connectivity index (χ3n) is 3.90. The predicted octanol–water partition coefficient (Wildman–Crippen LogP) is 4.08. The van der Waals surface area contributed by atoms with Crippen LogP contribution in [-0.4, -0.2) is 26.4 Å². The Kier molecular flexibility index (Phi) is 4.98. The van der Waals surface area contributed by atoms with Crippen molar-refractivity contribution in [3.8, 4) is 5.75 Å². The molecule has 1 aliphatic rings. The predicted molar refractivity (Wildman–Crippen MR) is 74.7 cm³/mol. The number of ether oxygens (including phenoxy) is 2. The maximum Gasteiger partial charge on any atom is 0.418 e. The van der Waals surface area contributed by atoms with Crippen molar-refractivity contribution in [1.82, 2.24) is 0 Å². The van der Waals surface area contributed by atoms with Gasteiger partial charge in [0, 0.05) is 18.8 Å².